The molecule has 0 aliphatic heterocycles. The maximum Gasteiger partial charge on any atom is 0.306 e. The molecule has 0 aliphatic carbocycles. The molecule has 0 unspecified atom stereocenters. The average Bonchev–Trinajstić information content (AvgIpc) is 2.73. The van der Waals surface area contributed by atoms with E-state index in [-0.39, 0.29) is 31.0 Å². The van der Waals surface area contributed by atoms with Crippen LogP contribution >= 0.6 is 0 Å². The van der Waals surface area contributed by atoms with Crippen LogP contribution in [0.4, 0.5) is 0 Å². The second kappa shape index (κ2) is 8.82. The lowest BCUT2D eigenvalue weighted by Crippen LogP contribution is -2.26. The summed E-state index contributed by atoms with van der Waals surface area (Å²) in [6, 6.07) is 16.3. The van der Waals surface area contributed by atoms with E-state index in [1.54, 1.807) is 31.4 Å². The number of nitrogens with zero attached hydrogens (tertiary/aromatic N) is 3. The molecule has 0 bridgehead atoms. The van der Waals surface area contributed by atoms with Crippen molar-refractivity contribution < 1.29 is 14.3 Å². The second-order valence-corrected chi connectivity index (χ2v) is 6.07. The third-order valence-electron chi connectivity index (χ3n) is 4.32. The number of para-hydroxylation sites is 2. The summed E-state index contributed by atoms with van der Waals surface area (Å²) < 4.78 is 11.8. The number of benzene rings is 2. The number of aryl methyl sites for hydroxylation is 1. The number of hydrogen-bond acceptors (Lipinski definition) is 6. The van der Waals surface area contributed by atoms with Crippen molar-refractivity contribution in [3.8, 4) is 11.8 Å². The predicted octanol–water partition coefficient (Wildman–Crippen LogP) is 2.60. The molecule has 0 saturated carbocycles. The largest absolute Gasteiger partial charge is 0.496 e. The Labute approximate surface area is 161 Å². The number of fused-ring (bicyclic) bond motifs is 1. The molecule has 28 heavy (non-hydrogen) atoms. The van der Waals surface area contributed by atoms with Gasteiger partial charge in [0, 0.05) is 6.42 Å². The first kappa shape index (κ1) is 19.1. The normalized spacial score (nSPS) is 10.4. The highest BCUT2D eigenvalue weighted by molar-refractivity contribution is 5.77. The summed E-state index contributed by atoms with van der Waals surface area (Å²) in [5.41, 5.74) is 1.08. The number of ether oxygens (including phenoxy) is 2. The van der Waals surface area contributed by atoms with Gasteiger partial charge in [0.05, 0.1) is 24.1 Å². The third kappa shape index (κ3) is 4.18. The Balaban J connectivity index is 1.72. The molecular formula is C21H19N3O4. The van der Waals surface area contributed by atoms with E-state index in [9.17, 15) is 9.59 Å². The highest BCUT2D eigenvalue weighted by Gasteiger charge is 2.13. The third-order valence-corrected chi connectivity index (χ3v) is 4.32. The van der Waals surface area contributed by atoms with E-state index >= 15 is 0 Å². The summed E-state index contributed by atoms with van der Waals surface area (Å²) in [4.78, 5) is 29.1. The van der Waals surface area contributed by atoms with Gasteiger partial charge in [-0.2, -0.15) is 5.26 Å². The molecule has 1 aromatic heterocycles. The second-order valence-electron chi connectivity index (χ2n) is 6.07. The van der Waals surface area contributed by atoms with E-state index in [1.807, 2.05) is 30.3 Å². The number of esters is 1. The Morgan fingerprint density at radius 1 is 1.18 bits per heavy atom. The van der Waals surface area contributed by atoms with Crippen molar-refractivity contribution in [2.75, 3.05) is 7.11 Å². The summed E-state index contributed by atoms with van der Waals surface area (Å²) in [5.74, 6) is 0.544. The molecule has 0 atom stereocenters. The van der Waals surface area contributed by atoms with Crippen molar-refractivity contribution in [1.82, 2.24) is 9.55 Å². The van der Waals surface area contributed by atoms with Crippen molar-refractivity contribution in [3.05, 3.63) is 70.3 Å². The van der Waals surface area contributed by atoms with Gasteiger partial charge in [-0.1, -0.05) is 30.3 Å². The Morgan fingerprint density at radius 3 is 2.71 bits per heavy atom. The summed E-state index contributed by atoms with van der Waals surface area (Å²) in [5, 5.41) is 9.44. The van der Waals surface area contributed by atoms with Crippen molar-refractivity contribution in [3.63, 3.8) is 0 Å². The highest BCUT2D eigenvalue weighted by Crippen LogP contribution is 2.19. The van der Waals surface area contributed by atoms with Crippen LogP contribution in [0.1, 0.15) is 17.8 Å². The Kier molecular flexibility index (Phi) is 6.02. The monoisotopic (exact) mass is 377 g/mol. The summed E-state index contributed by atoms with van der Waals surface area (Å²) in [6.07, 6.45) is 0.634. The molecule has 0 saturated heterocycles. The molecule has 0 radical (unpaired) electrons. The van der Waals surface area contributed by atoms with Gasteiger partial charge in [0.15, 0.2) is 5.82 Å². The zero-order valence-electron chi connectivity index (χ0n) is 15.4. The Bertz CT molecular complexity index is 1100. The van der Waals surface area contributed by atoms with Crippen LogP contribution in [0.3, 0.4) is 0 Å². The van der Waals surface area contributed by atoms with Gasteiger partial charge in [0.1, 0.15) is 18.9 Å². The van der Waals surface area contributed by atoms with E-state index in [2.05, 4.69) is 4.98 Å². The summed E-state index contributed by atoms with van der Waals surface area (Å²) in [6.45, 7) is -0.336. The van der Waals surface area contributed by atoms with E-state index in [1.165, 1.54) is 4.57 Å². The number of rotatable bonds is 7. The van der Waals surface area contributed by atoms with Crippen molar-refractivity contribution in [2.45, 2.75) is 26.0 Å². The number of methoxy groups -OCH3 is 1. The van der Waals surface area contributed by atoms with Gasteiger partial charge in [-0.05, 0) is 30.2 Å². The highest BCUT2D eigenvalue weighted by atomic mass is 16.5. The Morgan fingerprint density at radius 2 is 1.93 bits per heavy atom. The fourth-order valence-corrected chi connectivity index (χ4v) is 2.92. The topological polar surface area (TPSA) is 94.2 Å². The number of aromatic nitrogens is 2. The van der Waals surface area contributed by atoms with Gasteiger partial charge < -0.3 is 9.47 Å². The molecule has 0 spiro atoms. The minimum Gasteiger partial charge on any atom is -0.496 e. The fraction of sp³-hybridized carbons (Fsp3) is 0.238. The first-order valence-corrected chi connectivity index (χ1v) is 8.77. The van der Waals surface area contributed by atoms with Crippen molar-refractivity contribution in [2.24, 2.45) is 0 Å². The smallest absolute Gasteiger partial charge is 0.306 e. The van der Waals surface area contributed by atoms with Gasteiger partial charge in [-0.25, -0.2) is 4.98 Å². The molecular weight excluding hydrogens is 358 g/mol. The molecule has 2 aromatic carbocycles. The maximum absolute atomic E-state index is 12.6. The van der Waals surface area contributed by atoms with Crippen LogP contribution in [-0.4, -0.2) is 22.6 Å². The van der Waals surface area contributed by atoms with Gasteiger partial charge in [0.25, 0.3) is 5.56 Å². The summed E-state index contributed by atoms with van der Waals surface area (Å²) >= 11 is 0. The predicted molar refractivity (Wildman–Crippen MR) is 103 cm³/mol. The van der Waals surface area contributed by atoms with Crippen LogP contribution < -0.4 is 10.3 Å². The van der Waals surface area contributed by atoms with Crippen LogP contribution in [0.15, 0.2) is 53.3 Å². The van der Waals surface area contributed by atoms with Crippen LogP contribution in [0, 0.1) is 11.3 Å². The quantitative estimate of drug-likeness (QED) is 0.588. The number of carbonyl (C=O) groups excluding carboxylic acids is 1. The lowest BCUT2D eigenvalue weighted by molar-refractivity contribution is -0.145. The SMILES string of the molecule is COc1ccccc1CCC(=O)OCc1nc2ccccc2c(=O)n1CC#N. The van der Waals surface area contributed by atoms with Gasteiger partial charge in [0.2, 0.25) is 0 Å². The molecule has 0 amide bonds. The first-order valence-electron chi connectivity index (χ1n) is 8.77. The molecule has 0 aliphatic rings. The maximum atomic E-state index is 12.6. The average molecular weight is 377 g/mol. The zero-order valence-corrected chi connectivity index (χ0v) is 15.4. The van der Waals surface area contributed by atoms with Crippen LogP contribution in [0.2, 0.25) is 0 Å². The zero-order chi connectivity index (χ0) is 19.9. The summed E-state index contributed by atoms with van der Waals surface area (Å²) in [7, 11) is 1.58. The van der Waals surface area contributed by atoms with E-state index in [0.29, 0.717) is 23.1 Å². The molecule has 142 valence electrons. The van der Waals surface area contributed by atoms with Crippen LogP contribution in [0.5, 0.6) is 5.75 Å². The molecule has 3 rings (SSSR count). The molecule has 7 heteroatoms. The molecule has 3 aromatic rings. The fourth-order valence-electron chi connectivity index (χ4n) is 2.92. The Hall–Kier alpha value is -3.66. The van der Waals surface area contributed by atoms with Gasteiger partial charge >= 0.3 is 5.97 Å². The minimum atomic E-state index is -0.420. The molecule has 0 N–H and O–H groups in total. The number of hydrogen-bond donors (Lipinski definition) is 0. The van der Waals surface area contributed by atoms with E-state index < -0.39 is 5.97 Å². The standard InChI is InChI=1S/C21H19N3O4/c1-27-18-9-5-2-6-15(18)10-11-20(25)28-14-19-23-17-8-4-3-7-16(17)21(26)24(19)13-12-22/h2-9H,10-11,13-14H2,1H3. The first-order chi connectivity index (χ1) is 13.6. The lowest BCUT2D eigenvalue weighted by Gasteiger charge is -2.12. The lowest BCUT2D eigenvalue weighted by atomic mass is 10.1. The van der Waals surface area contributed by atoms with Crippen molar-refractivity contribution in [1.29, 1.82) is 5.26 Å². The molecule has 0 fully saturated rings. The number of carbonyl (C=O) groups is 1. The van der Waals surface area contributed by atoms with Crippen molar-refractivity contribution >= 4 is 16.9 Å². The number of nitriles is 1. The van der Waals surface area contributed by atoms with Gasteiger partial charge in [-0.3, -0.25) is 14.2 Å². The van der Waals surface area contributed by atoms with Gasteiger partial charge in [-0.15, -0.1) is 0 Å². The van der Waals surface area contributed by atoms with Crippen LogP contribution in [-0.2, 0) is 29.1 Å². The van der Waals surface area contributed by atoms with E-state index in [4.69, 9.17) is 14.7 Å². The minimum absolute atomic E-state index is 0.162. The van der Waals surface area contributed by atoms with E-state index in [0.717, 1.165) is 5.56 Å². The van der Waals surface area contributed by atoms with Crippen LogP contribution in [0.25, 0.3) is 10.9 Å². The molecule has 7 nitrogen and oxygen atoms in total. The molecule has 1 heterocycles.